The first kappa shape index (κ1) is 24.9. The molecule has 182 valence electrons. The fraction of sp³-hybridized carbons (Fsp3) is 0.344. The minimum atomic E-state index is -0.397. The quantitative estimate of drug-likeness (QED) is 0.274. The molecule has 0 radical (unpaired) electrons. The summed E-state index contributed by atoms with van der Waals surface area (Å²) in [5.41, 5.74) is 9.59. The summed E-state index contributed by atoms with van der Waals surface area (Å²) in [5, 5.41) is 9.36. The maximum absolute atomic E-state index is 12.0. The molecule has 1 fully saturated rings. The second kappa shape index (κ2) is 11.5. The van der Waals surface area contributed by atoms with Gasteiger partial charge in [0.15, 0.2) is 0 Å². The topological polar surface area (TPSA) is 46.5 Å². The Balaban J connectivity index is 1.59. The van der Waals surface area contributed by atoms with E-state index in [1.165, 1.54) is 54.4 Å². The van der Waals surface area contributed by atoms with E-state index < -0.39 is 5.97 Å². The highest BCUT2D eigenvalue weighted by molar-refractivity contribution is 5.87. The second-order valence-electron chi connectivity index (χ2n) is 9.81. The number of ether oxygens (including phenoxy) is 1. The van der Waals surface area contributed by atoms with Crippen LogP contribution in [0, 0.1) is 6.92 Å². The standard InChI is InChI=1S/C32H36O3/c1-22(2)32(34)35-21-29-20-24(17-18-33)9-15-31(29)28-14-16-30(23(3)19-28)27-12-10-26(11-13-27)25-7-5-4-6-8-25/h9-16,19-20,25,33H,1,4-8,17-18,21H2,2-3H3. The van der Waals surface area contributed by atoms with Gasteiger partial charge in [-0.05, 0) is 83.5 Å². The summed E-state index contributed by atoms with van der Waals surface area (Å²) < 4.78 is 5.47. The third-order valence-electron chi connectivity index (χ3n) is 7.11. The van der Waals surface area contributed by atoms with Gasteiger partial charge in [-0.3, -0.25) is 0 Å². The normalized spacial score (nSPS) is 14.0. The van der Waals surface area contributed by atoms with E-state index in [4.69, 9.17) is 4.74 Å². The number of carbonyl (C=O) groups excluding carboxylic acids is 1. The lowest BCUT2D eigenvalue weighted by Crippen LogP contribution is -2.06. The van der Waals surface area contributed by atoms with E-state index in [2.05, 4.69) is 62.0 Å². The predicted octanol–water partition coefficient (Wildman–Crippen LogP) is 7.53. The molecule has 4 rings (SSSR count). The van der Waals surface area contributed by atoms with Crippen molar-refractivity contribution < 1.29 is 14.6 Å². The highest BCUT2D eigenvalue weighted by atomic mass is 16.5. The minimum Gasteiger partial charge on any atom is -0.457 e. The van der Waals surface area contributed by atoms with Gasteiger partial charge >= 0.3 is 5.97 Å². The molecule has 0 aliphatic heterocycles. The average Bonchev–Trinajstić information content (AvgIpc) is 2.88. The average molecular weight is 469 g/mol. The molecule has 1 saturated carbocycles. The number of rotatable bonds is 8. The molecule has 0 spiro atoms. The van der Waals surface area contributed by atoms with E-state index in [1.54, 1.807) is 6.92 Å². The molecule has 3 heteroatoms. The van der Waals surface area contributed by atoms with Crippen molar-refractivity contribution in [3.05, 3.63) is 95.1 Å². The van der Waals surface area contributed by atoms with Gasteiger partial charge in [0.1, 0.15) is 6.61 Å². The molecule has 1 aliphatic carbocycles. The Morgan fingerprint density at radius 1 is 0.943 bits per heavy atom. The molecule has 3 nitrogen and oxygen atoms in total. The molecule has 3 aromatic rings. The van der Waals surface area contributed by atoms with Crippen LogP contribution in [-0.2, 0) is 22.6 Å². The highest BCUT2D eigenvalue weighted by Gasteiger charge is 2.16. The highest BCUT2D eigenvalue weighted by Crippen LogP contribution is 2.35. The first-order chi connectivity index (χ1) is 17.0. The molecule has 1 N–H and O–H groups in total. The van der Waals surface area contributed by atoms with Crippen LogP contribution in [-0.4, -0.2) is 17.7 Å². The Bertz CT molecular complexity index is 1180. The lowest BCUT2D eigenvalue weighted by atomic mass is 9.83. The van der Waals surface area contributed by atoms with Gasteiger partial charge in [0.2, 0.25) is 0 Å². The van der Waals surface area contributed by atoms with Crippen LogP contribution in [0.3, 0.4) is 0 Å². The molecule has 0 bridgehead atoms. The zero-order valence-corrected chi connectivity index (χ0v) is 21.0. The zero-order valence-electron chi connectivity index (χ0n) is 21.0. The van der Waals surface area contributed by atoms with Crippen LogP contribution < -0.4 is 0 Å². The SMILES string of the molecule is C=C(C)C(=O)OCc1cc(CCO)ccc1-c1ccc(-c2ccc(C3CCCCC3)cc2)c(C)c1. The van der Waals surface area contributed by atoms with Gasteiger partial charge in [-0.2, -0.15) is 0 Å². The van der Waals surface area contributed by atoms with Gasteiger partial charge in [0.25, 0.3) is 0 Å². The summed E-state index contributed by atoms with van der Waals surface area (Å²) in [6, 6.07) is 21.8. The molecule has 1 aliphatic rings. The monoisotopic (exact) mass is 468 g/mol. The maximum atomic E-state index is 12.0. The molecule has 0 unspecified atom stereocenters. The molecule has 0 amide bonds. The van der Waals surface area contributed by atoms with E-state index in [9.17, 15) is 9.90 Å². The first-order valence-corrected chi connectivity index (χ1v) is 12.7. The Hall–Kier alpha value is -3.17. The fourth-order valence-electron chi connectivity index (χ4n) is 5.13. The Kier molecular flexibility index (Phi) is 8.20. The third-order valence-corrected chi connectivity index (χ3v) is 7.11. The second-order valence-corrected chi connectivity index (χ2v) is 9.81. The number of carbonyl (C=O) groups is 1. The van der Waals surface area contributed by atoms with Crippen molar-refractivity contribution in [3.63, 3.8) is 0 Å². The van der Waals surface area contributed by atoms with Crippen LogP contribution in [0.5, 0.6) is 0 Å². The fourth-order valence-corrected chi connectivity index (χ4v) is 5.13. The van der Waals surface area contributed by atoms with Gasteiger partial charge in [-0.1, -0.05) is 86.5 Å². The molecule has 35 heavy (non-hydrogen) atoms. The number of benzene rings is 3. The first-order valence-electron chi connectivity index (χ1n) is 12.7. The number of aliphatic hydroxyl groups excluding tert-OH is 1. The van der Waals surface area contributed by atoms with Gasteiger partial charge in [0.05, 0.1) is 0 Å². The number of hydrogen-bond acceptors (Lipinski definition) is 3. The predicted molar refractivity (Wildman–Crippen MR) is 143 cm³/mol. The Morgan fingerprint density at radius 2 is 1.63 bits per heavy atom. The van der Waals surface area contributed by atoms with Crippen molar-refractivity contribution in [2.75, 3.05) is 6.61 Å². The van der Waals surface area contributed by atoms with Crippen molar-refractivity contribution in [2.45, 2.75) is 64.9 Å². The van der Waals surface area contributed by atoms with Crippen molar-refractivity contribution in [3.8, 4) is 22.3 Å². The van der Waals surface area contributed by atoms with E-state index in [0.717, 1.165) is 22.3 Å². The van der Waals surface area contributed by atoms with Crippen molar-refractivity contribution in [1.29, 1.82) is 0 Å². The van der Waals surface area contributed by atoms with Crippen molar-refractivity contribution in [1.82, 2.24) is 0 Å². The molecule has 0 heterocycles. The summed E-state index contributed by atoms with van der Waals surface area (Å²) in [6.45, 7) is 7.72. The summed E-state index contributed by atoms with van der Waals surface area (Å²) in [7, 11) is 0. The van der Waals surface area contributed by atoms with E-state index >= 15 is 0 Å². The zero-order chi connectivity index (χ0) is 24.8. The molecule has 0 atom stereocenters. The lowest BCUT2D eigenvalue weighted by Gasteiger charge is -2.22. The molecular weight excluding hydrogens is 432 g/mol. The summed E-state index contributed by atoms with van der Waals surface area (Å²) in [5.74, 6) is 0.319. The Morgan fingerprint density at radius 3 is 2.29 bits per heavy atom. The summed E-state index contributed by atoms with van der Waals surface area (Å²) in [6.07, 6.45) is 7.27. The minimum absolute atomic E-state index is 0.0810. The molecular formula is C32H36O3. The number of aryl methyl sites for hydroxylation is 1. The van der Waals surface area contributed by atoms with Crippen molar-refractivity contribution in [2.24, 2.45) is 0 Å². The number of esters is 1. The number of aliphatic hydroxyl groups is 1. The van der Waals surface area contributed by atoms with E-state index in [-0.39, 0.29) is 13.2 Å². The van der Waals surface area contributed by atoms with Crippen molar-refractivity contribution >= 4 is 5.97 Å². The maximum Gasteiger partial charge on any atom is 0.333 e. The molecule has 0 aromatic heterocycles. The largest absolute Gasteiger partial charge is 0.457 e. The Labute approximate surface area is 209 Å². The van der Waals surface area contributed by atoms with Crippen LogP contribution in [0.1, 0.15) is 67.2 Å². The van der Waals surface area contributed by atoms with Crippen LogP contribution in [0.15, 0.2) is 72.8 Å². The van der Waals surface area contributed by atoms with Gasteiger partial charge < -0.3 is 9.84 Å². The van der Waals surface area contributed by atoms with Gasteiger partial charge in [0, 0.05) is 12.2 Å². The molecule has 0 saturated heterocycles. The van der Waals surface area contributed by atoms with E-state index in [0.29, 0.717) is 17.9 Å². The summed E-state index contributed by atoms with van der Waals surface area (Å²) >= 11 is 0. The van der Waals surface area contributed by atoms with Crippen LogP contribution in [0.4, 0.5) is 0 Å². The summed E-state index contributed by atoms with van der Waals surface area (Å²) in [4.78, 5) is 12.0. The van der Waals surface area contributed by atoms with Crippen LogP contribution >= 0.6 is 0 Å². The molecule has 3 aromatic carbocycles. The third kappa shape index (κ3) is 6.10. The van der Waals surface area contributed by atoms with Crippen LogP contribution in [0.25, 0.3) is 22.3 Å². The van der Waals surface area contributed by atoms with Gasteiger partial charge in [-0.25, -0.2) is 4.79 Å². The smallest absolute Gasteiger partial charge is 0.333 e. The van der Waals surface area contributed by atoms with Crippen LogP contribution in [0.2, 0.25) is 0 Å². The number of hydrogen-bond donors (Lipinski definition) is 1. The lowest BCUT2D eigenvalue weighted by molar-refractivity contribution is -0.140. The van der Waals surface area contributed by atoms with E-state index in [1.807, 2.05) is 12.1 Å². The van der Waals surface area contributed by atoms with Gasteiger partial charge in [-0.15, -0.1) is 0 Å².